The van der Waals surface area contributed by atoms with E-state index in [1.54, 1.807) is 11.7 Å². The van der Waals surface area contributed by atoms with E-state index in [-0.39, 0.29) is 0 Å². The minimum atomic E-state index is 0.500. The Labute approximate surface area is 62.8 Å². The lowest BCUT2D eigenvalue weighted by molar-refractivity contribution is 0.599. The van der Waals surface area contributed by atoms with Crippen molar-refractivity contribution in [3.8, 4) is 12.3 Å². The van der Waals surface area contributed by atoms with Gasteiger partial charge in [0.15, 0.2) is 17.7 Å². The van der Waals surface area contributed by atoms with Crippen molar-refractivity contribution in [1.82, 2.24) is 14.8 Å². The first kappa shape index (κ1) is 5.98. The van der Waals surface area contributed by atoms with E-state index in [0.29, 0.717) is 16.9 Å². The summed E-state index contributed by atoms with van der Waals surface area (Å²) in [5.74, 6) is 2.41. The number of aromatic nitrogens is 3. The highest BCUT2D eigenvalue weighted by atomic mass is 16.3. The standard InChI is InChI=1S/C7H5N3O/c1-3-5-6-7(8-4-11-6)10(2)9-5/h1,4H,2H3. The van der Waals surface area contributed by atoms with Crippen LogP contribution in [-0.4, -0.2) is 14.8 Å². The molecule has 0 aliphatic rings. The van der Waals surface area contributed by atoms with E-state index in [0.717, 1.165) is 0 Å². The smallest absolute Gasteiger partial charge is 0.209 e. The number of fused-ring (bicyclic) bond motifs is 1. The van der Waals surface area contributed by atoms with Crippen LogP contribution in [-0.2, 0) is 7.05 Å². The molecule has 0 unspecified atom stereocenters. The van der Waals surface area contributed by atoms with Crippen molar-refractivity contribution in [2.45, 2.75) is 0 Å². The quantitative estimate of drug-likeness (QED) is 0.511. The SMILES string of the molecule is C#Cc1nn(C)c2ncoc12. The van der Waals surface area contributed by atoms with Gasteiger partial charge in [-0.15, -0.1) is 6.42 Å². The number of rotatable bonds is 0. The maximum atomic E-state index is 5.17. The average molecular weight is 147 g/mol. The first-order valence-corrected chi connectivity index (χ1v) is 3.05. The molecule has 2 aromatic heterocycles. The summed E-state index contributed by atoms with van der Waals surface area (Å²) in [6, 6.07) is 0. The number of hydrogen-bond acceptors (Lipinski definition) is 3. The highest BCUT2D eigenvalue weighted by Gasteiger charge is 2.09. The number of hydrogen-bond donors (Lipinski definition) is 0. The molecule has 2 heterocycles. The second kappa shape index (κ2) is 1.86. The molecule has 0 saturated carbocycles. The van der Waals surface area contributed by atoms with Crippen molar-refractivity contribution < 1.29 is 4.42 Å². The second-order valence-electron chi connectivity index (χ2n) is 2.12. The third-order valence-corrected chi connectivity index (χ3v) is 1.46. The van der Waals surface area contributed by atoms with Crippen molar-refractivity contribution in [3.05, 3.63) is 12.1 Å². The Morgan fingerprint density at radius 2 is 2.55 bits per heavy atom. The molecule has 2 aromatic rings. The van der Waals surface area contributed by atoms with E-state index in [1.165, 1.54) is 6.39 Å². The van der Waals surface area contributed by atoms with Gasteiger partial charge in [-0.2, -0.15) is 10.1 Å². The number of nitrogens with zero attached hydrogens (tertiary/aromatic N) is 3. The van der Waals surface area contributed by atoms with Gasteiger partial charge in [0.25, 0.3) is 0 Å². The minimum Gasteiger partial charge on any atom is -0.439 e. The molecule has 4 nitrogen and oxygen atoms in total. The Kier molecular flexibility index (Phi) is 1.01. The van der Waals surface area contributed by atoms with Crippen LogP contribution in [0, 0.1) is 12.3 Å². The van der Waals surface area contributed by atoms with E-state index in [1.807, 2.05) is 0 Å². The normalized spacial score (nSPS) is 10.2. The highest BCUT2D eigenvalue weighted by Crippen LogP contribution is 2.14. The molecule has 0 fully saturated rings. The van der Waals surface area contributed by atoms with Crippen LogP contribution in [0.5, 0.6) is 0 Å². The monoisotopic (exact) mass is 147 g/mol. The molecule has 0 bridgehead atoms. The summed E-state index contributed by atoms with van der Waals surface area (Å²) in [6.07, 6.45) is 6.53. The van der Waals surface area contributed by atoms with E-state index in [4.69, 9.17) is 10.8 Å². The Balaban J connectivity index is 2.94. The van der Waals surface area contributed by atoms with Crippen molar-refractivity contribution >= 4 is 11.2 Å². The number of terminal acetylenes is 1. The van der Waals surface area contributed by atoms with E-state index >= 15 is 0 Å². The van der Waals surface area contributed by atoms with Crippen molar-refractivity contribution in [2.75, 3.05) is 0 Å². The summed E-state index contributed by atoms with van der Waals surface area (Å²) in [5.41, 5.74) is 1.76. The maximum absolute atomic E-state index is 5.17. The summed E-state index contributed by atoms with van der Waals surface area (Å²) in [7, 11) is 1.77. The van der Waals surface area contributed by atoms with Crippen LogP contribution in [0.4, 0.5) is 0 Å². The van der Waals surface area contributed by atoms with Gasteiger partial charge in [-0.25, -0.2) is 4.68 Å². The lowest BCUT2D eigenvalue weighted by Gasteiger charge is -1.82. The molecule has 11 heavy (non-hydrogen) atoms. The van der Waals surface area contributed by atoms with E-state index in [9.17, 15) is 0 Å². The summed E-state index contributed by atoms with van der Waals surface area (Å²) in [4.78, 5) is 3.93. The second-order valence-corrected chi connectivity index (χ2v) is 2.12. The molecule has 2 rings (SSSR count). The summed E-state index contributed by atoms with van der Waals surface area (Å²) < 4.78 is 6.62. The molecule has 4 heteroatoms. The lowest BCUT2D eigenvalue weighted by Crippen LogP contribution is -1.90. The summed E-state index contributed by atoms with van der Waals surface area (Å²) >= 11 is 0. The van der Waals surface area contributed by atoms with Gasteiger partial charge in [0.05, 0.1) is 0 Å². The highest BCUT2D eigenvalue weighted by molar-refractivity contribution is 5.74. The zero-order chi connectivity index (χ0) is 7.84. The average Bonchev–Trinajstić information content (AvgIpc) is 2.54. The molecule has 0 amide bonds. The summed E-state index contributed by atoms with van der Waals surface area (Å²) in [6.45, 7) is 0. The summed E-state index contributed by atoms with van der Waals surface area (Å²) in [5, 5.41) is 3.99. The molecule has 0 aliphatic heterocycles. The van der Waals surface area contributed by atoms with Gasteiger partial charge in [-0.3, -0.25) is 0 Å². The Morgan fingerprint density at radius 1 is 1.73 bits per heavy atom. The lowest BCUT2D eigenvalue weighted by atomic mass is 10.4. The van der Waals surface area contributed by atoms with Crippen LogP contribution in [0.25, 0.3) is 11.2 Å². The van der Waals surface area contributed by atoms with Gasteiger partial charge in [-0.05, 0) is 5.92 Å². The molecule has 0 saturated heterocycles. The van der Waals surface area contributed by atoms with E-state index in [2.05, 4.69) is 16.0 Å². The largest absolute Gasteiger partial charge is 0.439 e. The Morgan fingerprint density at radius 3 is 3.27 bits per heavy atom. The van der Waals surface area contributed by atoms with E-state index < -0.39 is 0 Å². The first-order valence-electron chi connectivity index (χ1n) is 3.05. The predicted molar refractivity (Wildman–Crippen MR) is 38.7 cm³/mol. The fourth-order valence-corrected chi connectivity index (χ4v) is 0.970. The van der Waals surface area contributed by atoms with Gasteiger partial charge in [0.1, 0.15) is 0 Å². The third-order valence-electron chi connectivity index (χ3n) is 1.46. The van der Waals surface area contributed by atoms with Crippen molar-refractivity contribution in [3.63, 3.8) is 0 Å². The molecule has 0 N–H and O–H groups in total. The Hall–Kier alpha value is -1.76. The molecule has 0 atom stereocenters. The first-order chi connectivity index (χ1) is 5.33. The Bertz CT molecular complexity index is 432. The maximum Gasteiger partial charge on any atom is 0.209 e. The topological polar surface area (TPSA) is 43.9 Å². The zero-order valence-corrected chi connectivity index (χ0v) is 5.90. The molecule has 0 spiro atoms. The van der Waals surface area contributed by atoms with Crippen molar-refractivity contribution in [2.24, 2.45) is 7.05 Å². The van der Waals surface area contributed by atoms with Crippen LogP contribution in [0.1, 0.15) is 5.69 Å². The van der Waals surface area contributed by atoms with Crippen molar-refractivity contribution in [1.29, 1.82) is 0 Å². The van der Waals surface area contributed by atoms with Crippen LogP contribution >= 0.6 is 0 Å². The van der Waals surface area contributed by atoms with Crippen LogP contribution in [0.3, 0.4) is 0 Å². The molecular weight excluding hydrogens is 142 g/mol. The molecule has 0 aromatic carbocycles. The minimum absolute atomic E-state index is 0.500. The van der Waals surface area contributed by atoms with Crippen LogP contribution in [0.2, 0.25) is 0 Å². The third kappa shape index (κ3) is 0.649. The van der Waals surface area contributed by atoms with Gasteiger partial charge >= 0.3 is 0 Å². The molecule has 0 radical (unpaired) electrons. The number of aryl methyl sites for hydroxylation is 1. The fourth-order valence-electron chi connectivity index (χ4n) is 0.970. The van der Waals surface area contributed by atoms with Gasteiger partial charge in [0, 0.05) is 7.05 Å². The number of oxazole rings is 1. The van der Waals surface area contributed by atoms with Gasteiger partial charge < -0.3 is 4.42 Å². The van der Waals surface area contributed by atoms with Gasteiger partial charge in [-0.1, -0.05) is 0 Å². The van der Waals surface area contributed by atoms with Crippen LogP contribution < -0.4 is 0 Å². The van der Waals surface area contributed by atoms with Crippen LogP contribution in [0.15, 0.2) is 10.8 Å². The molecule has 0 aliphatic carbocycles. The molecule has 54 valence electrons. The van der Waals surface area contributed by atoms with Gasteiger partial charge in [0.2, 0.25) is 5.58 Å². The predicted octanol–water partition coefficient (Wildman–Crippen LogP) is 0.543. The molecular formula is C7H5N3O. The fraction of sp³-hybridized carbons (Fsp3) is 0.143. The zero-order valence-electron chi connectivity index (χ0n) is 5.90.